The van der Waals surface area contributed by atoms with E-state index in [0.717, 1.165) is 11.3 Å². The lowest BCUT2D eigenvalue weighted by molar-refractivity contribution is -0.121. The summed E-state index contributed by atoms with van der Waals surface area (Å²) < 4.78 is 26.9. The van der Waals surface area contributed by atoms with E-state index in [1.165, 1.54) is 29.9 Å². The van der Waals surface area contributed by atoms with Crippen molar-refractivity contribution < 1.29 is 13.2 Å². The van der Waals surface area contributed by atoms with Gasteiger partial charge in [0, 0.05) is 17.1 Å². The molecule has 0 fully saturated rings. The van der Waals surface area contributed by atoms with Gasteiger partial charge in [-0.2, -0.15) is 0 Å². The van der Waals surface area contributed by atoms with Crippen LogP contribution in [-0.4, -0.2) is 25.9 Å². The molecule has 0 aliphatic heterocycles. The number of nitrogens with zero attached hydrogens (tertiary/aromatic N) is 1. The summed E-state index contributed by atoms with van der Waals surface area (Å²) in [6.07, 6.45) is 1.53. The molecule has 2 aromatic heterocycles. The SMILES string of the molecule is CNS(=O)(=O)c1ccc(CNC(=O)Cn2ccccc2=O)s1. The fourth-order valence-corrected chi connectivity index (χ4v) is 3.82. The van der Waals surface area contributed by atoms with Gasteiger partial charge < -0.3 is 9.88 Å². The molecule has 0 aliphatic carbocycles. The third-order valence-corrected chi connectivity index (χ3v) is 5.83. The van der Waals surface area contributed by atoms with Gasteiger partial charge in [-0.15, -0.1) is 11.3 Å². The molecule has 1 amide bonds. The van der Waals surface area contributed by atoms with Crippen molar-refractivity contribution in [1.29, 1.82) is 0 Å². The van der Waals surface area contributed by atoms with E-state index in [2.05, 4.69) is 10.0 Å². The molecule has 9 heteroatoms. The van der Waals surface area contributed by atoms with E-state index in [4.69, 9.17) is 0 Å². The molecule has 0 spiro atoms. The number of pyridine rings is 1. The third kappa shape index (κ3) is 4.03. The maximum atomic E-state index is 11.8. The zero-order chi connectivity index (χ0) is 16.2. The molecule has 0 saturated carbocycles. The van der Waals surface area contributed by atoms with Crippen molar-refractivity contribution in [3.63, 3.8) is 0 Å². The Morgan fingerprint density at radius 1 is 1.27 bits per heavy atom. The fourth-order valence-electron chi connectivity index (χ4n) is 1.69. The van der Waals surface area contributed by atoms with Crippen molar-refractivity contribution >= 4 is 27.3 Å². The Balaban J connectivity index is 1.95. The summed E-state index contributed by atoms with van der Waals surface area (Å²) >= 11 is 1.08. The van der Waals surface area contributed by atoms with Crippen LogP contribution in [-0.2, 0) is 27.9 Å². The predicted octanol–water partition coefficient (Wildman–Crippen LogP) is 0.134. The number of amides is 1. The standard InChI is InChI=1S/C13H15N3O4S2/c1-14-22(19,20)13-6-5-10(21-13)8-15-11(17)9-16-7-3-2-4-12(16)18/h2-7,14H,8-9H2,1H3,(H,15,17). The lowest BCUT2D eigenvalue weighted by Crippen LogP contribution is -2.31. The zero-order valence-corrected chi connectivity index (χ0v) is 13.4. The van der Waals surface area contributed by atoms with E-state index < -0.39 is 10.0 Å². The van der Waals surface area contributed by atoms with Crippen LogP contribution in [0.5, 0.6) is 0 Å². The van der Waals surface area contributed by atoms with Crippen molar-refractivity contribution in [3.05, 3.63) is 51.8 Å². The molecule has 0 radical (unpaired) electrons. The number of carbonyl (C=O) groups is 1. The first kappa shape index (κ1) is 16.4. The van der Waals surface area contributed by atoms with Crippen LogP contribution in [0, 0.1) is 0 Å². The van der Waals surface area contributed by atoms with E-state index in [0.29, 0.717) is 4.88 Å². The monoisotopic (exact) mass is 341 g/mol. The van der Waals surface area contributed by atoms with E-state index in [1.807, 2.05) is 0 Å². The van der Waals surface area contributed by atoms with Crippen molar-refractivity contribution in [3.8, 4) is 0 Å². The van der Waals surface area contributed by atoms with Crippen molar-refractivity contribution in [2.75, 3.05) is 7.05 Å². The summed E-state index contributed by atoms with van der Waals surface area (Å²) in [7, 11) is -2.12. The molecular formula is C13H15N3O4S2. The number of nitrogens with one attached hydrogen (secondary N) is 2. The molecule has 0 bridgehead atoms. The van der Waals surface area contributed by atoms with Gasteiger partial charge >= 0.3 is 0 Å². The highest BCUT2D eigenvalue weighted by Crippen LogP contribution is 2.20. The Bertz CT molecular complexity index is 824. The fraction of sp³-hybridized carbons (Fsp3) is 0.231. The highest BCUT2D eigenvalue weighted by molar-refractivity contribution is 7.91. The van der Waals surface area contributed by atoms with Crippen LogP contribution in [0.1, 0.15) is 4.88 Å². The Morgan fingerprint density at radius 2 is 2.05 bits per heavy atom. The number of carbonyl (C=O) groups excluding carboxylic acids is 1. The molecule has 7 nitrogen and oxygen atoms in total. The smallest absolute Gasteiger partial charge is 0.250 e. The van der Waals surface area contributed by atoms with Crippen LogP contribution in [0.3, 0.4) is 0 Å². The molecule has 0 unspecified atom stereocenters. The quantitative estimate of drug-likeness (QED) is 0.781. The number of rotatable bonds is 6. The van der Waals surface area contributed by atoms with Crippen molar-refractivity contribution in [2.45, 2.75) is 17.3 Å². The van der Waals surface area contributed by atoms with Crippen LogP contribution in [0.4, 0.5) is 0 Å². The maximum Gasteiger partial charge on any atom is 0.250 e. The molecule has 2 N–H and O–H groups in total. The van der Waals surface area contributed by atoms with Gasteiger partial charge in [0.05, 0.1) is 6.54 Å². The molecule has 22 heavy (non-hydrogen) atoms. The van der Waals surface area contributed by atoms with Gasteiger partial charge in [-0.05, 0) is 25.2 Å². The Hall–Kier alpha value is -1.97. The van der Waals surface area contributed by atoms with Crippen LogP contribution in [0.15, 0.2) is 45.5 Å². The summed E-state index contributed by atoms with van der Waals surface area (Å²) in [6, 6.07) is 7.78. The summed E-state index contributed by atoms with van der Waals surface area (Å²) in [6.45, 7) is 0.136. The molecule has 0 aliphatic rings. The Kier molecular flexibility index (Phi) is 5.11. The van der Waals surface area contributed by atoms with Crippen LogP contribution in [0.2, 0.25) is 0 Å². The highest BCUT2D eigenvalue weighted by Gasteiger charge is 2.14. The molecule has 2 aromatic rings. The minimum absolute atomic E-state index is 0.0767. The van der Waals surface area contributed by atoms with Crippen molar-refractivity contribution in [2.24, 2.45) is 0 Å². The molecule has 0 saturated heterocycles. The number of aromatic nitrogens is 1. The van der Waals surface area contributed by atoms with E-state index in [1.54, 1.807) is 18.2 Å². The topological polar surface area (TPSA) is 97.3 Å². The summed E-state index contributed by atoms with van der Waals surface area (Å²) in [4.78, 5) is 24.0. The molecule has 2 rings (SSSR count). The minimum atomic E-state index is -3.46. The molecule has 2 heterocycles. The van der Waals surface area contributed by atoms with Crippen LogP contribution < -0.4 is 15.6 Å². The van der Waals surface area contributed by atoms with Gasteiger partial charge in [0.1, 0.15) is 10.8 Å². The maximum absolute atomic E-state index is 11.8. The Morgan fingerprint density at radius 3 is 2.73 bits per heavy atom. The van der Waals surface area contributed by atoms with Crippen molar-refractivity contribution in [1.82, 2.24) is 14.6 Å². The summed E-state index contributed by atoms with van der Waals surface area (Å²) in [5.74, 6) is -0.320. The predicted molar refractivity (Wildman–Crippen MR) is 83.1 cm³/mol. The third-order valence-electron chi connectivity index (χ3n) is 2.84. The van der Waals surface area contributed by atoms with Gasteiger partial charge in [-0.25, -0.2) is 13.1 Å². The van der Waals surface area contributed by atoms with Gasteiger partial charge in [-0.1, -0.05) is 6.07 Å². The van der Waals surface area contributed by atoms with Gasteiger partial charge in [-0.3, -0.25) is 9.59 Å². The number of sulfonamides is 1. The summed E-state index contributed by atoms with van der Waals surface area (Å²) in [5.41, 5.74) is -0.254. The van der Waals surface area contributed by atoms with Crippen LogP contribution in [0.25, 0.3) is 0 Å². The lowest BCUT2D eigenvalue weighted by atomic mass is 10.4. The van der Waals surface area contributed by atoms with Crippen LogP contribution >= 0.6 is 11.3 Å². The highest BCUT2D eigenvalue weighted by atomic mass is 32.2. The zero-order valence-electron chi connectivity index (χ0n) is 11.8. The Labute approximate surface area is 131 Å². The largest absolute Gasteiger partial charge is 0.350 e. The molecule has 0 aromatic carbocycles. The molecule has 0 atom stereocenters. The second-order valence-electron chi connectivity index (χ2n) is 4.37. The van der Waals surface area contributed by atoms with Gasteiger partial charge in [0.25, 0.3) is 5.56 Å². The van der Waals surface area contributed by atoms with E-state index in [-0.39, 0.29) is 28.8 Å². The normalized spacial score (nSPS) is 11.3. The summed E-state index contributed by atoms with van der Waals surface area (Å²) in [5, 5.41) is 2.65. The first-order valence-corrected chi connectivity index (χ1v) is 8.67. The number of thiophene rings is 1. The second kappa shape index (κ2) is 6.86. The van der Waals surface area contributed by atoms with E-state index in [9.17, 15) is 18.0 Å². The number of hydrogen-bond acceptors (Lipinski definition) is 5. The van der Waals surface area contributed by atoms with E-state index >= 15 is 0 Å². The van der Waals surface area contributed by atoms with Gasteiger partial charge in [0.2, 0.25) is 15.9 Å². The second-order valence-corrected chi connectivity index (χ2v) is 7.65. The average Bonchev–Trinajstić information content (AvgIpc) is 2.97. The first-order valence-electron chi connectivity index (χ1n) is 6.37. The average molecular weight is 341 g/mol. The van der Waals surface area contributed by atoms with Gasteiger partial charge in [0.15, 0.2) is 0 Å². The molecular weight excluding hydrogens is 326 g/mol. The first-order chi connectivity index (χ1) is 10.4. The molecule has 118 valence electrons. The lowest BCUT2D eigenvalue weighted by Gasteiger charge is -2.05. The minimum Gasteiger partial charge on any atom is -0.350 e. The number of hydrogen-bond donors (Lipinski definition) is 2.